The third kappa shape index (κ3) is 4.26. The molecule has 1 aliphatic heterocycles. The van der Waals surface area contributed by atoms with Crippen LogP contribution in [0.3, 0.4) is 0 Å². The normalized spacial score (nSPS) is 18.8. The maximum absolute atomic E-state index is 11.7. The molecule has 4 nitrogen and oxygen atoms in total. The molecule has 1 fully saturated rings. The summed E-state index contributed by atoms with van der Waals surface area (Å²) in [6.07, 6.45) is 4.05. The minimum atomic E-state index is 0.0213. The first-order valence-electron chi connectivity index (χ1n) is 5.87. The Balaban J connectivity index is 1.69. The van der Waals surface area contributed by atoms with Gasteiger partial charge in [0.25, 0.3) is 0 Å². The molecule has 1 aromatic rings. The van der Waals surface area contributed by atoms with E-state index in [-0.39, 0.29) is 12.0 Å². The molecular formula is C12H15BrN2O2S. The lowest BCUT2D eigenvalue weighted by Gasteiger charge is -2.10. The molecule has 0 radical (unpaired) electrons. The van der Waals surface area contributed by atoms with E-state index in [9.17, 15) is 4.79 Å². The van der Waals surface area contributed by atoms with Crippen LogP contribution < -0.4 is 5.32 Å². The SMILES string of the molecule is O=C(CSc1ncccc1Br)NC[C@@H]1CCCO1. The van der Waals surface area contributed by atoms with Gasteiger partial charge in [-0.1, -0.05) is 11.8 Å². The molecule has 1 atom stereocenters. The van der Waals surface area contributed by atoms with Crippen LogP contribution in [0.15, 0.2) is 27.8 Å². The molecule has 0 saturated carbocycles. The molecule has 0 bridgehead atoms. The fourth-order valence-electron chi connectivity index (χ4n) is 1.70. The van der Waals surface area contributed by atoms with Crippen molar-refractivity contribution in [1.82, 2.24) is 10.3 Å². The molecule has 1 amide bonds. The fourth-order valence-corrected chi connectivity index (χ4v) is 3.00. The minimum Gasteiger partial charge on any atom is -0.376 e. The molecule has 18 heavy (non-hydrogen) atoms. The lowest BCUT2D eigenvalue weighted by molar-refractivity contribution is -0.119. The second-order valence-electron chi connectivity index (χ2n) is 4.02. The van der Waals surface area contributed by atoms with Crippen molar-refractivity contribution in [2.24, 2.45) is 0 Å². The number of amides is 1. The van der Waals surface area contributed by atoms with Crippen molar-refractivity contribution in [2.75, 3.05) is 18.9 Å². The molecular weight excluding hydrogens is 316 g/mol. The molecule has 1 N–H and O–H groups in total. The van der Waals surface area contributed by atoms with Crippen molar-refractivity contribution < 1.29 is 9.53 Å². The lowest BCUT2D eigenvalue weighted by atomic mass is 10.2. The average Bonchev–Trinajstić information content (AvgIpc) is 2.88. The van der Waals surface area contributed by atoms with Gasteiger partial charge < -0.3 is 10.1 Å². The van der Waals surface area contributed by atoms with Crippen molar-refractivity contribution in [2.45, 2.75) is 24.0 Å². The highest BCUT2D eigenvalue weighted by atomic mass is 79.9. The maximum Gasteiger partial charge on any atom is 0.230 e. The molecule has 0 aromatic carbocycles. The molecule has 0 aliphatic carbocycles. The molecule has 1 aliphatic rings. The summed E-state index contributed by atoms with van der Waals surface area (Å²) >= 11 is 4.83. The Bertz CT molecular complexity index is 411. The van der Waals surface area contributed by atoms with Crippen LogP contribution in [0, 0.1) is 0 Å². The Morgan fingerprint density at radius 3 is 3.28 bits per heavy atom. The standard InChI is InChI=1S/C12H15BrN2O2S/c13-10-4-1-5-14-12(10)18-8-11(16)15-7-9-3-2-6-17-9/h1,4-5,9H,2-3,6-8H2,(H,15,16)/t9-/m0/s1. The zero-order chi connectivity index (χ0) is 12.8. The van der Waals surface area contributed by atoms with Gasteiger partial charge in [-0.25, -0.2) is 4.98 Å². The summed E-state index contributed by atoms with van der Waals surface area (Å²) in [6, 6.07) is 3.77. The molecule has 1 saturated heterocycles. The van der Waals surface area contributed by atoms with Crippen LogP contribution in [0.4, 0.5) is 0 Å². The van der Waals surface area contributed by atoms with Gasteiger partial charge in [-0.15, -0.1) is 0 Å². The summed E-state index contributed by atoms with van der Waals surface area (Å²) in [5.41, 5.74) is 0. The van der Waals surface area contributed by atoms with Gasteiger partial charge >= 0.3 is 0 Å². The predicted molar refractivity (Wildman–Crippen MR) is 74.6 cm³/mol. The van der Waals surface area contributed by atoms with Gasteiger partial charge in [0, 0.05) is 23.8 Å². The van der Waals surface area contributed by atoms with Crippen LogP contribution in [0.1, 0.15) is 12.8 Å². The number of ether oxygens (including phenoxy) is 1. The van der Waals surface area contributed by atoms with Gasteiger partial charge in [0.05, 0.1) is 11.9 Å². The van der Waals surface area contributed by atoms with Crippen molar-refractivity contribution in [3.8, 4) is 0 Å². The number of nitrogens with one attached hydrogen (secondary N) is 1. The summed E-state index contributed by atoms with van der Waals surface area (Å²) in [6.45, 7) is 1.43. The smallest absolute Gasteiger partial charge is 0.230 e. The number of thioether (sulfide) groups is 1. The van der Waals surface area contributed by atoms with Gasteiger partial charge in [-0.2, -0.15) is 0 Å². The molecule has 0 unspecified atom stereocenters. The highest BCUT2D eigenvalue weighted by molar-refractivity contribution is 9.10. The Hall–Kier alpha value is -0.590. The van der Waals surface area contributed by atoms with E-state index in [1.165, 1.54) is 11.8 Å². The largest absolute Gasteiger partial charge is 0.376 e. The van der Waals surface area contributed by atoms with E-state index >= 15 is 0 Å². The van der Waals surface area contributed by atoms with E-state index in [0.717, 1.165) is 28.9 Å². The number of rotatable bonds is 5. The summed E-state index contributed by atoms with van der Waals surface area (Å²) in [7, 11) is 0. The Morgan fingerprint density at radius 2 is 2.56 bits per heavy atom. The Kier molecular flexibility index (Phi) is 5.46. The van der Waals surface area contributed by atoms with Crippen molar-refractivity contribution in [3.63, 3.8) is 0 Å². The molecule has 2 heterocycles. The van der Waals surface area contributed by atoms with Crippen LogP contribution in [0.25, 0.3) is 0 Å². The topological polar surface area (TPSA) is 51.2 Å². The highest BCUT2D eigenvalue weighted by Crippen LogP contribution is 2.24. The third-order valence-electron chi connectivity index (χ3n) is 2.62. The third-order valence-corrected chi connectivity index (χ3v) is 4.52. The van der Waals surface area contributed by atoms with E-state index in [1.807, 2.05) is 12.1 Å². The number of hydrogen-bond acceptors (Lipinski definition) is 4. The minimum absolute atomic E-state index is 0.0213. The second kappa shape index (κ2) is 7.11. The van der Waals surface area contributed by atoms with Gasteiger partial charge in [0.15, 0.2) is 0 Å². The summed E-state index contributed by atoms with van der Waals surface area (Å²) < 4.78 is 6.36. The highest BCUT2D eigenvalue weighted by Gasteiger charge is 2.16. The average molecular weight is 331 g/mol. The lowest BCUT2D eigenvalue weighted by Crippen LogP contribution is -2.32. The Labute approximate surface area is 119 Å². The van der Waals surface area contributed by atoms with Crippen LogP contribution >= 0.6 is 27.7 Å². The zero-order valence-electron chi connectivity index (χ0n) is 9.89. The number of hydrogen-bond donors (Lipinski definition) is 1. The molecule has 1 aromatic heterocycles. The molecule has 98 valence electrons. The van der Waals surface area contributed by atoms with Gasteiger partial charge in [-0.3, -0.25) is 4.79 Å². The first-order valence-corrected chi connectivity index (χ1v) is 7.65. The number of pyridine rings is 1. The number of carbonyl (C=O) groups excluding carboxylic acids is 1. The summed E-state index contributed by atoms with van der Waals surface area (Å²) in [5, 5.41) is 3.72. The number of halogens is 1. The fraction of sp³-hybridized carbons (Fsp3) is 0.500. The van der Waals surface area contributed by atoms with Crippen molar-refractivity contribution >= 4 is 33.6 Å². The first kappa shape index (κ1) is 13.8. The number of nitrogens with zero attached hydrogens (tertiary/aromatic N) is 1. The maximum atomic E-state index is 11.7. The first-order chi connectivity index (χ1) is 8.75. The van der Waals surface area contributed by atoms with E-state index in [4.69, 9.17) is 4.74 Å². The van der Waals surface area contributed by atoms with Crippen LogP contribution in [-0.4, -0.2) is 35.9 Å². The van der Waals surface area contributed by atoms with Gasteiger partial charge in [0.2, 0.25) is 5.91 Å². The second-order valence-corrected chi connectivity index (χ2v) is 5.84. The quantitative estimate of drug-likeness (QED) is 0.841. The molecule has 2 rings (SSSR count). The Morgan fingerprint density at radius 1 is 1.67 bits per heavy atom. The number of carbonyl (C=O) groups is 1. The van der Waals surface area contributed by atoms with Gasteiger partial charge in [-0.05, 0) is 40.9 Å². The number of aromatic nitrogens is 1. The van der Waals surface area contributed by atoms with E-state index < -0.39 is 0 Å². The monoisotopic (exact) mass is 330 g/mol. The predicted octanol–water partition coefficient (Wildman–Crippen LogP) is 2.23. The van der Waals surface area contributed by atoms with Gasteiger partial charge in [0.1, 0.15) is 5.03 Å². The van der Waals surface area contributed by atoms with Crippen molar-refractivity contribution in [1.29, 1.82) is 0 Å². The van der Waals surface area contributed by atoms with E-state index in [0.29, 0.717) is 12.3 Å². The zero-order valence-corrected chi connectivity index (χ0v) is 12.3. The van der Waals surface area contributed by atoms with E-state index in [1.54, 1.807) is 6.20 Å². The molecule has 0 spiro atoms. The van der Waals surface area contributed by atoms with Crippen LogP contribution in [-0.2, 0) is 9.53 Å². The summed E-state index contributed by atoms with van der Waals surface area (Å²) in [4.78, 5) is 15.9. The molecule has 6 heteroatoms. The summed E-state index contributed by atoms with van der Waals surface area (Å²) in [5.74, 6) is 0.399. The van der Waals surface area contributed by atoms with E-state index in [2.05, 4.69) is 26.2 Å². The van der Waals surface area contributed by atoms with Crippen LogP contribution in [0.2, 0.25) is 0 Å². The van der Waals surface area contributed by atoms with Crippen molar-refractivity contribution in [3.05, 3.63) is 22.8 Å². The van der Waals surface area contributed by atoms with Crippen LogP contribution in [0.5, 0.6) is 0 Å².